The Bertz CT molecular complexity index is 1660. The van der Waals surface area contributed by atoms with E-state index in [-0.39, 0.29) is 18.3 Å². The van der Waals surface area contributed by atoms with E-state index in [9.17, 15) is 12.6 Å². The predicted molar refractivity (Wildman–Crippen MR) is 154 cm³/mol. The summed E-state index contributed by atoms with van der Waals surface area (Å²) in [5, 5.41) is 3.50. The van der Waals surface area contributed by atoms with Crippen molar-refractivity contribution in [3.8, 4) is 17.1 Å². The van der Waals surface area contributed by atoms with Crippen molar-refractivity contribution in [3.05, 3.63) is 59.0 Å². The number of H-pyrrole nitrogens is 1. The molecule has 0 saturated carbocycles. The zero-order valence-electron chi connectivity index (χ0n) is 22.4. The molecule has 11 nitrogen and oxygen atoms in total. The van der Waals surface area contributed by atoms with Crippen molar-refractivity contribution in [1.29, 1.82) is 0 Å². The second-order valence-electron chi connectivity index (χ2n) is 9.84. The van der Waals surface area contributed by atoms with Crippen LogP contribution in [0.2, 0.25) is 0 Å². The number of hydrogen-bond acceptors (Lipinski definition) is 6. The molecule has 1 aromatic carbocycles. The highest BCUT2D eigenvalue weighted by Gasteiger charge is 2.30. The van der Waals surface area contributed by atoms with Crippen LogP contribution in [0.1, 0.15) is 35.9 Å². The van der Waals surface area contributed by atoms with E-state index in [1.165, 1.54) is 0 Å². The van der Waals surface area contributed by atoms with Crippen molar-refractivity contribution in [3.63, 3.8) is 0 Å². The van der Waals surface area contributed by atoms with Gasteiger partial charge < -0.3 is 14.9 Å². The van der Waals surface area contributed by atoms with Crippen LogP contribution < -0.4 is 10.0 Å². The number of aryl methyl sites for hydroxylation is 2. The van der Waals surface area contributed by atoms with Crippen LogP contribution in [0.3, 0.4) is 0 Å². The monoisotopic (exact) mass is 571 g/mol. The molecule has 208 valence electrons. The van der Waals surface area contributed by atoms with Gasteiger partial charge in [-0.2, -0.15) is 4.31 Å². The van der Waals surface area contributed by atoms with E-state index in [2.05, 4.69) is 30.6 Å². The normalized spacial score (nSPS) is 17.2. The maximum atomic E-state index is 12.3. The molecule has 1 aliphatic rings. The number of aromatic amines is 1. The average Bonchev–Trinajstić information content (AvgIpc) is 3.62. The first-order valence-electron chi connectivity index (χ1n) is 12.8. The standard InChI is InChI=1S/C26H33N7O4S2/c1-5-39(36,37)32-11-9-20(15-32)29-22-8-10-27-26-24(22)30-25(31-26)21-12-17(3)33(18(21)4)23-13-19(7-6-16(23)2)14-28-38(34)35/h6-8,10,12-13,20,28H,5,9,11,14-15H2,1-4H3,(H,34,35)(H2,27,29,30,31)/t20-/m0/s1. The highest BCUT2D eigenvalue weighted by atomic mass is 32.2. The SMILES string of the molecule is CCS(=O)(=O)N1CC[C@H](Nc2ccnc3nc(-c4cc(C)n(-c5cc(CNS(=O)O)ccc5C)c4C)[nH]c23)C1. The number of fused-ring (bicyclic) bond motifs is 1. The summed E-state index contributed by atoms with van der Waals surface area (Å²) in [6, 6.07) is 9.93. The average molecular weight is 572 g/mol. The van der Waals surface area contributed by atoms with Gasteiger partial charge in [0.15, 0.2) is 5.65 Å². The Labute approximate surface area is 230 Å². The molecule has 1 unspecified atom stereocenters. The second kappa shape index (κ2) is 10.8. The molecule has 13 heteroatoms. The molecule has 0 spiro atoms. The van der Waals surface area contributed by atoms with Crippen LogP contribution in [-0.4, -0.2) is 65.9 Å². The number of benzene rings is 1. The molecule has 0 amide bonds. The Hall–Kier alpha value is -3.10. The van der Waals surface area contributed by atoms with Gasteiger partial charge in [-0.25, -0.2) is 27.3 Å². The van der Waals surface area contributed by atoms with Crippen molar-refractivity contribution in [2.75, 3.05) is 24.2 Å². The number of sulfonamides is 1. The van der Waals surface area contributed by atoms with E-state index < -0.39 is 21.3 Å². The zero-order chi connectivity index (χ0) is 27.9. The maximum Gasteiger partial charge on any atom is 0.232 e. The quantitative estimate of drug-likeness (QED) is 0.225. The number of hydrogen-bond donors (Lipinski definition) is 4. The van der Waals surface area contributed by atoms with Gasteiger partial charge in [-0.15, -0.1) is 0 Å². The van der Waals surface area contributed by atoms with Crippen molar-refractivity contribution in [2.45, 2.75) is 46.7 Å². The summed E-state index contributed by atoms with van der Waals surface area (Å²) < 4.78 is 51.0. The summed E-state index contributed by atoms with van der Waals surface area (Å²) >= 11 is -2.08. The van der Waals surface area contributed by atoms with Crippen LogP contribution in [0.5, 0.6) is 0 Å². The molecule has 3 aromatic heterocycles. The van der Waals surface area contributed by atoms with Gasteiger partial charge in [0.1, 0.15) is 11.3 Å². The second-order valence-corrected chi connectivity index (χ2v) is 12.9. The molecule has 0 bridgehead atoms. The Morgan fingerprint density at radius 2 is 2.00 bits per heavy atom. The van der Waals surface area contributed by atoms with Gasteiger partial charge in [-0.3, -0.25) is 4.55 Å². The molecule has 4 N–H and O–H groups in total. The van der Waals surface area contributed by atoms with Gasteiger partial charge in [0.2, 0.25) is 21.3 Å². The molecule has 39 heavy (non-hydrogen) atoms. The number of aromatic nitrogens is 4. The smallest absolute Gasteiger partial charge is 0.232 e. The number of imidazole rings is 1. The largest absolute Gasteiger partial charge is 0.379 e. The number of nitrogens with one attached hydrogen (secondary N) is 3. The van der Waals surface area contributed by atoms with Crippen LogP contribution in [0, 0.1) is 20.8 Å². The molecule has 0 radical (unpaired) electrons. The van der Waals surface area contributed by atoms with E-state index in [4.69, 9.17) is 9.54 Å². The Morgan fingerprint density at radius 3 is 2.74 bits per heavy atom. The molecule has 1 saturated heterocycles. The Morgan fingerprint density at radius 1 is 1.21 bits per heavy atom. The van der Waals surface area contributed by atoms with Crippen LogP contribution >= 0.6 is 0 Å². The molecule has 4 aromatic rings. The fraction of sp³-hybridized carbons (Fsp3) is 0.385. The van der Waals surface area contributed by atoms with Crippen molar-refractivity contribution in [2.24, 2.45) is 0 Å². The molecular weight excluding hydrogens is 538 g/mol. The van der Waals surface area contributed by atoms with E-state index >= 15 is 0 Å². The van der Waals surface area contributed by atoms with Crippen molar-refractivity contribution in [1.82, 2.24) is 28.5 Å². The Balaban J connectivity index is 1.45. The van der Waals surface area contributed by atoms with Gasteiger partial charge in [0.05, 0.1) is 11.4 Å². The van der Waals surface area contributed by atoms with Crippen molar-refractivity contribution < 1.29 is 17.2 Å². The zero-order valence-corrected chi connectivity index (χ0v) is 24.0. The van der Waals surface area contributed by atoms with E-state index in [0.29, 0.717) is 24.6 Å². The minimum absolute atomic E-state index is 0.00161. The molecular formula is C26H33N7O4S2. The van der Waals surface area contributed by atoms with Gasteiger partial charge in [-0.05, 0) is 63.4 Å². The highest BCUT2D eigenvalue weighted by molar-refractivity contribution is 7.89. The summed E-state index contributed by atoms with van der Waals surface area (Å²) in [5.41, 5.74) is 8.12. The molecule has 4 heterocycles. The van der Waals surface area contributed by atoms with Gasteiger partial charge >= 0.3 is 0 Å². The lowest BCUT2D eigenvalue weighted by Crippen LogP contribution is -2.32. The first-order valence-corrected chi connectivity index (χ1v) is 15.5. The topological polar surface area (TPSA) is 145 Å². The fourth-order valence-corrected chi connectivity index (χ4v) is 6.63. The fourth-order valence-electron chi connectivity index (χ4n) is 5.18. The number of rotatable bonds is 9. The summed E-state index contributed by atoms with van der Waals surface area (Å²) in [5.74, 6) is 0.796. The van der Waals surface area contributed by atoms with Gasteiger partial charge in [0.25, 0.3) is 0 Å². The number of anilines is 1. The lowest BCUT2D eigenvalue weighted by Gasteiger charge is -2.17. The first-order chi connectivity index (χ1) is 18.6. The predicted octanol–water partition coefficient (Wildman–Crippen LogP) is 3.40. The molecule has 0 aliphatic carbocycles. The summed E-state index contributed by atoms with van der Waals surface area (Å²) in [6.45, 7) is 9.00. The minimum Gasteiger partial charge on any atom is -0.379 e. The van der Waals surface area contributed by atoms with Crippen LogP contribution in [-0.2, 0) is 27.8 Å². The van der Waals surface area contributed by atoms with Crippen LogP contribution in [0.4, 0.5) is 5.69 Å². The number of nitrogens with zero attached hydrogens (tertiary/aromatic N) is 4. The van der Waals surface area contributed by atoms with E-state index in [1.807, 2.05) is 45.0 Å². The van der Waals surface area contributed by atoms with Gasteiger partial charge in [-0.1, -0.05) is 12.1 Å². The first kappa shape index (κ1) is 27.5. The van der Waals surface area contributed by atoms with Crippen molar-refractivity contribution >= 4 is 38.1 Å². The lowest BCUT2D eigenvalue weighted by atomic mass is 10.1. The van der Waals surface area contributed by atoms with E-state index in [1.54, 1.807) is 17.4 Å². The van der Waals surface area contributed by atoms with E-state index in [0.717, 1.165) is 51.4 Å². The van der Waals surface area contributed by atoms with Crippen LogP contribution in [0.25, 0.3) is 28.2 Å². The third-order valence-corrected chi connectivity index (χ3v) is 9.50. The molecule has 2 atom stereocenters. The summed E-state index contributed by atoms with van der Waals surface area (Å²) in [4.78, 5) is 12.7. The Kier molecular flexibility index (Phi) is 7.62. The summed E-state index contributed by atoms with van der Waals surface area (Å²) in [7, 11) is -3.21. The minimum atomic E-state index is -3.21. The molecule has 5 rings (SSSR count). The highest BCUT2D eigenvalue weighted by Crippen LogP contribution is 2.32. The number of pyridine rings is 1. The van der Waals surface area contributed by atoms with Crippen LogP contribution in [0.15, 0.2) is 36.5 Å². The summed E-state index contributed by atoms with van der Waals surface area (Å²) in [6.07, 6.45) is 2.43. The maximum absolute atomic E-state index is 12.3. The lowest BCUT2D eigenvalue weighted by molar-refractivity contribution is 0.476. The van der Waals surface area contributed by atoms with Gasteiger partial charge in [0, 0.05) is 54.5 Å². The molecule has 1 aliphatic heterocycles. The third-order valence-electron chi connectivity index (χ3n) is 7.26. The third kappa shape index (κ3) is 5.50. The molecule has 1 fully saturated rings.